The number of alkyl halides is 2. The standard InChI is InChI=1S/C10H13F2N3O/c11-9(12)8-7(13)5-14-10(15-8)6-1-3-16-4-2-6/h5-6,9H,1-4,13H2/i11-1. The lowest BCUT2D eigenvalue weighted by Gasteiger charge is -2.21. The molecule has 2 rings (SSSR count). The van der Waals surface area contributed by atoms with Crippen molar-refractivity contribution in [1.29, 1.82) is 0 Å². The van der Waals surface area contributed by atoms with Gasteiger partial charge in [-0.2, -0.15) is 0 Å². The third-order valence-corrected chi connectivity index (χ3v) is 2.66. The highest BCUT2D eigenvalue weighted by Crippen LogP contribution is 2.28. The Hall–Kier alpha value is -1.30. The second-order valence-corrected chi connectivity index (χ2v) is 3.76. The third kappa shape index (κ3) is 2.27. The molecule has 4 nitrogen and oxygen atoms in total. The molecule has 1 fully saturated rings. The van der Waals surface area contributed by atoms with Crippen molar-refractivity contribution in [3.8, 4) is 0 Å². The van der Waals surface area contributed by atoms with Crippen LogP contribution < -0.4 is 5.73 Å². The molecule has 1 saturated heterocycles. The fourth-order valence-electron chi connectivity index (χ4n) is 1.75. The fourth-order valence-corrected chi connectivity index (χ4v) is 1.75. The Bertz CT molecular complexity index is 367. The molecule has 16 heavy (non-hydrogen) atoms. The average molecular weight is 228 g/mol. The van der Waals surface area contributed by atoms with Gasteiger partial charge < -0.3 is 10.5 Å². The number of rotatable bonds is 2. The average Bonchev–Trinajstić information content (AvgIpc) is 2.30. The summed E-state index contributed by atoms with van der Waals surface area (Å²) in [6, 6.07) is 0. The molecule has 1 aromatic rings. The van der Waals surface area contributed by atoms with Gasteiger partial charge in [-0.1, -0.05) is 0 Å². The quantitative estimate of drug-likeness (QED) is 0.839. The molecule has 0 radical (unpaired) electrons. The normalized spacial score (nSPS) is 19.6. The molecule has 0 bridgehead atoms. The lowest BCUT2D eigenvalue weighted by atomic mass is 9.99. The van der Waals surface area contributed by atoms with Crippen LogP contribution in [-0.4, -0.2) is 23.2 Å². The van der Waals surface area contributed by atoms with E-state index in [0.29, 0.717) is 19.0 Å². The van der Waals surface area contributed by atoms with E-state index in [0.717, 1.165) is 12.8 Å². The first-order valence-electron chi connectivity index (χ1n) is 5.16. The molecule has 2 N–H and O–H groups in total. The van der Waals surface area contributed by atoms with Crippen molar-refractivity contribution in [1.82, 2.24) is 9.97 Å². The van der Waals surface area contributed by atoms with Crippen LogP contribution in [0.4, 0.5) is 14.5 Å². The van der Waals surface area contributed by atoms with Crippen molar-refractivity contribution in [3.63, 3.8) is 0 Å². The summed E-state index contributed by atoms with van der Waals surface area (Å²) in [5.41, 5.74) is 4.98. The Kier molecular flexibility index (Phi) is 3.28. The van der Waals surface area contributed by atoms with E-state index in [1.54, 1.807) is 0 Å². The maximum Gasteiger partial charge on any atom is 0.282 e. The maximum atomic E-state index is 12.6. The fraction of sp³-hybridized carbons (Fsp3) is 0.600. The zero-order valence-corrected chi connectivity index (χ0v) is 8.70. The minimum Gasteiger partial charge on any atom is -0.396 e. The monoisotopic (exact) mass is 228 g/mol. The first kappa shape index (κ1) is 11.2. The van der Waals surface area contributed by atoms with Crippen LogP contribution in [-0.2, 0) is 4.74 Å². The molecule has 88 valence electrons. The highest BCUT2D eigenvalue weighted by atomic mass is 19.2. The second kappa shape index (κ2) is 4.69. The zero-order chi connectivity index (χ0) is 11.5. The number of anilines is 1. The summed E-state index contributed by atoms with van der Waals surface area (Å²) < 4.78 is 30.4. The van der Waals surface area contributed by atoms with Gasteiger partial charge in [0.2, 0.25) is 0 Å². The SMILES string of the molecule is Nc1cnc(C2CCOCC2)nc1C(F)[18F]. The number of hydrogen-bond acceptors (Lipinski definition) is 4. The molecule has 0 spiro atoms. The van der Waals surface area contributed by atoms with E-state index < -0.39 is 6.43 Å². The maximum absolute atomic E-state index is 12.6. The van der Waals surface area contributed by atoms with Crippen molar-refractivity contribution in [2.45, 2.75) is 25.2 Å². The molecule has 0 aliphatic carbocycles. The second-order valence-electron chi connectivity index (χ2n) is 3.76. The molecule has 1 unspecified atom stereocenters. The number of halogens is 2. The Labute approximate surface area is 91.8 Å². The molecule has 1 atom stereocenters. The van der Waals surface area contributed by atoms with Gasteiger partial charge in [-0.3, -0.25) is 0 Å². The van der Waals surface area contributed by atoms with Crippen molar-refractivity contribution in [3.05, 3.63) is 17.7 Å². The molecular formula is C10H13F2N3O. The van der Waals surface area contributed by atoms with E-state index in [9.17, 15) is 8.78 Å². The molecule has 0 aromatic carbocycles. The highest BCUT2D eigenvalue weighted by molar-refractivity contribution is 5.41. The first-order chi connectivity index (χ1) is 7.68. The van der Waals surface area contributed by atoms with Crippen LogP contribution in [0.3, 0.4) is 0 Å². The Balaban J connectivity index is 2.24. The van der Waals surface area contributed by atoms with Crippen LogP contribution in [0.1, 0.15) is 36.7 Å². The molecule has 2 heterocycles. The predicted octanol–water partition coefficient (Wildman–Crippen LogP) is 1.89. The zero-order valence-electron chi connectivity index (χ0n) is 8.70. The van der Waals surface area contributed by atoms with Crippen LogP contribution >= 0.6 is 0 Å². The molecular weight excluding hydrogens is 215 g/mol. The van der Waals surface area contributed by atoms with Crippen LogP contribution in [0, 0.1) is 0 Å². The number of aromatic nitrogens is 2. The number of nitrogens with two attached hydrogens (primary N) is 1. The van der Waals surface area contributed by atoms with Crippen molar-refractivity contribution < 1.29 is 13.5 Å². The van der Waals surface area contributed by atoms with Gasteiger partial charge in [-0.25, -0.2) is 18.7 Å². The molecule has 1 aliphatic rings. The Morgan fingerprint density at radius 2 is 2.06 bits per heavy atom. The van der Waals surface area contributed by atoms with E-state index >= 15 is 0 Å². The van der Waals surface area contributed by atoms with Gasteiger partial charge in [-0.05, 0) is 12.8 Å². The van der Waals surface area contributed by atoms with Gasteiger partial charge in [0.1, 0.15) is 11.5 Å². The third-order valence-electron chi connectivity index (χ3n) is 2.66. The first-order valence-corrected chi connectivity index (χ1v) is 5.16. The molecule has 1 aliphatic heterocycles. The van der Waals surface area contributed by atoms with Gasteiger partial charge >= 0.3 is 0 Å². The van der Waals surface area contributed by atoms with Crippen molar-refractivity contribution >= 4 is 5.69 Å². The molecule has 1 aromatic heterocycles. The van der Waals surface area contributed by atoms with Gasteiger partial charge in [0, 0.05) is 19.1 Å². The smallest absolute Gasteiger partial charge is 0.282 e. The summed E-state index contributed by atoms with van der Waals surface area (Å²) >= 11 is 0. The van der Waals surface area contributed by atoms with E-state index in [1.165, 1.54) is 6.20 Å². The van der Waals surface area contributed by atoms with Crippen molar-refractivity contribution in [2.24, 2.45) is 0 Å². The number of hydrogen-bond donors (Lipinski definition) is 1. The molecule has 0 amide bonds. The van der Waals surface area contributed by atoms with E-state index in [2.05, 4.69) is 9.97 Å². The minimum absolute atomic E-state index is 0.0502. The Morgan fingerprint density at radius 1 is 1.38 bits per heavy atom. The lowest BCUT2D eigenvalue weighted by molar-refractivity contribution is 0.0831. The summed E-state index contributed by atoms with van der Waals surface area (Å²) in [7, 11) is 0. The molecule has 0 saturated carbocycles. The topological polar surface area (TPSA) is 61.0 Å². The van der Waals surface area contributed by atoms with E-state index in [1.807, 2.05) is 0 Å². The highest BCUT2D eigenvalue weighted by Gasteiger charge is 2.21. The summed E-state index contributed by atoms with van der Waals surface area (Å²) in [4.78, 5) is 7.87. The van der Waals surface area contributed by atoms with Gasteiger partial charge in [0.05, 0.1) is 11.9 Å². The lowest BCUT2D eigenvalue weighted by Crippen LogP contribution is -2.17. The number of nitrogens with zero attached hydrogens (tertiary/aromatic N) is 2. The summed E-state index contributed by atoms with van der Waals surface area (Å²) in [5, 5.41) is 0. The largest absolute Gasteiger partial charge is 0.396 e. The molecule has 6 heteroatoms. The van der Waals surface area contributed by atoms with Gasteiger partial charge in [0.25, 0.3) is 6.43 Å². The van der Waals surface area contributed by atoms with Gasteiger partial charge in [0.15, 0.2) is 0 Å². The van der Waals surface area contributed by atoms with Crippen LogP contribution in [0.2, 0.25) is 0 Å². The van der Waals surface area contributed by atoms with Crippen LogP contribution in [0.15, 0.2) is 6.20 Å². The van der Waals surface area contributed by atoms with Crippen LogP contribution in [0.25, 0.3) is 0 Å². The predicted molar refractivity (Wildman–Crippen MR) is 54.2 cm³/mol. The summed E-state index contributed by atoms with van der Waals surface area (Å²) in [5.74, 6) is 0.555. The van der Waals surface area contributed by atoms with Crippen molar-refractivity contribution in [2.75, 3.05) is 18.9 Å². The van der Waals surface area contributed by atoms with Crippen LogP contribution in [0.5, 0.6) is 0 Å². The Morgan fingerprint density at radius 3 is 2.69 bits per heavy atom. The number of ether oxygens (including phenoxy) is 1. The van der Waals surface area contributed by atoms with E-state index in [-0.39, 0.29) is 17.3 Å². The number of nitrogen functional groups attached to an aromatic ring is 1. The summed E-state index contributed by atoms with van der Waals surface area (Å²) in [6.07, 6.45) is 0.153. The van der Waals surface area contributed by atoms with Gasteiger partial charge in [-0.15, -0.1) is 0 Å². The van der Waals surface area contributed by atoms with E-state index in [4.69, 9.17) is 10.5 Å². The minimum atomic E-state index is -2.65. The summed E-state index contributed by atoms with van der Waals surface area (Å²) in [6.45, 7) is 1.25.